The van der Waals surface area contributed by atoms with Crippen LogP contribution in [0.3, 0.4) is 0 Å². The van der Waals surface area contributed by atoms with Crippen molar-refractivity contribution in [3.8, 4) is 0 Å². The second-order valence-corrected chi connectivity index (χ2v) is 6.11. The fourth-order valence-electron chi connectivity index (χ4n) is 2.63. The van der Waals surface area contributed by atoms with Gasteiger partial charge in [-0.25, -0.2) is 4.79 Å². The minimum Gasteiger partial charge on any atom is -0.467 e. The number of hydrogen-bond donors (Lipinski definition) is 1. The summed E-state index contributed by atoms with van der Waals surface area (Å²) in [5, 5.41) is 3.76. The third-order valence-electron chi connectivity index (χ3n) is 3.77. The van der Waals surface area contributed by atoms with Crippen LogP contribution in [-0.2, 0) is 14.3 Å². The first kappa shape index (κ1) is 16.8. The number of rotatable bonds is 4. The molecule has 0 heterocycles. The smallest absolute Gasteiger partial charge is 0.331 e. The normalized spacial score (nSPS) is 16.7. The van der Waals surface area contributed by atoms with Gasteiger partial charge < -0.3 is 10.1 Å². The van der Waals surface area contributed by atoms with Gasteiger partial charge in [0.05, 0.1) is 7.11 Å². The van der Waals surface area contributed by atoms with Crippen LogP contribution in [0.4, 0.5) is 0 Å². The van der Waals surface area contributed by atoms with Crippen molar-refractivity contribution >= 4 is 41.2 Å². The molecule has 1 fully saturated rings. The summed E-state index contributed by atoms with van der Waals surface area (Å²) in [4.78, 5) is 24.0. The summed E-state index contributed by atoms with van der Waals surface area (Å²) in [6.45, 7) is 0. The van der Waals surface area contributed by atoms with Crippen molar-refractivity contribution in [3.63, 3.8) is 0 Å². The summed E-state index contributed by atoms with van der Waals surface area (Å²) < 4.78 is 4.82. The first-order valence-corrected chi connectivity index (χ1v) is 7.76. The van der Waals surface area contributed by atoms with Gasteiger partial charge in [-0.15, -0.1) is 0 Å². The zero-order valence-electron chi connectivity index (χ0n) is 12.2. The Morgan fingerprint density at radius 1 is 1.27 bits per heavy atom. The molecule has 2 rings (SSSR count). The molecule has 0 atom stereocenters. The zero-order valence-corrected chi connectivity index (χ0v) is 13.7. The molecular weight excluding hydrogens is 325 g/mol. The van der Waals surface area contributed by atoms with Crippen LogP contribution in [0.5, 0.6) is 0 Å². The lowest BCUT2D eigenvalue weighted by Gasteiger charge is -2.26. The van der Waals surface area contributed by atoms with Gasteiger partial charge in [-0.3, -0.25) is 4.79 Å². The molecule has 0 unspecified atom stereocenters. The maximum Gasteiger partial charge on any atom is 0.331 e. The quantitative estimate of drug-likeness (QED) is 0.672. The van der Waals surface area contributed by atoms with E-state index in [1.165, 1.54) is 13.2 Å². The molecule has 0 bridgehead atoms. The van der Waals surface area contributed by atoms with Crippen molar-refractivity contribution in [1.29, 1.82) is 0 Å². The molecule has 22 heavy (non-hydrogen) atoms. The van der Waals surface area contributed by atoms with Gasteiger partial charge in [-0.2, -0.15) is 0 Å². The molecule has 1 saturated carbocycles. The molecule has 4 nitrogen and oxygen atoms in total. The summed E-state index contributed by atoms with van der Waals surface area (Å²) in [7, 11) is 1.33. The van der Waals surface area contributed by atoms with Gasteiger partial charge in [0.15, 0.2) is 0 Å². The fraction of sp³-hybridized carbons (Fsp3) is 0.375. The van der Waals surface area contributed by atoms with Gasteiger partial charge in [-0.05, 0) is 36.6 Å². The Morgan fingerprint density at radius 2 is 1.95 bits per heavy atom. The molecule has 6 heteroatoms. The third kappa shape index (κ3) is 3.81. The summed E-state index contributed by atoms with van der Waals surface area (Å²) in [6, 6.07) is 5.02. The number of benzene rings is 1. The van der Waals surface area contributed by atoms with Crippen LogP contribution in [0.1, 0.15) is 31.2 Å². The molecule has 0 saturated heterocycles. The highest BCUT2D eigenvalue weighted by Gasteiger charge is 2.43. The standard InChI is InChI=1S/C16H17Cl2NO3/c1-22-15(21)16(8-2-3-9-16)19-14(20)7-5-11-4-6-12(17)10-13(11)18/h4-7,10H,2-3,8-9H2,1H3,(H,19,20)/b7-5-. The minimum atomic E-state index is -0.903. The van der Waals surface area contributed by atoms with E-state index in [-0.39, 0.29) is 5.91 Å². The van der Waals surface area contributed by atoms with E-state index >= 15 is 0 Å². The maximum absolute atomic E-state index is 12.1. The monoisotopic (exact) mass is 341 g/mol. The number of esters is 1. The van der Waals surface area contributed by atoms with Gasteiger partial charge in [0.2, 0.25) is 5.91 Å². The lowest BCUT2D eigenvalue weighted by Crippen LogP contribution is -2.52. The van der Waals surface area contributed by atoms with Crippen molar-refractivity contribution in [2.75, 3.05) is 7.11 Å². The summed E-state index contributed by atoms with van der Waals surface area (Å²) in [6.07, 6.45) is 5.93. The van der Waals surface area contributed by atoms with E-state index in [1.807, 2.05) is 0 Å². The van der Waals surface area contributed by atoms with Gasteiger partial charge in [-0.1, -0.05) is 42.1 Å². The lowest BCUT2D eigenvalue weighted by atomic mass is 9.97. The zero-order chi connectivity index (χ0) is 16.2. The Kier molecular flexibility index (Phi) is 5.48. The van der Waals surface area contributed by atoms with E-state index < -0.39 is 11.5 Å². The second kappa shape index (κ2) is 7.16. The van der Waals surface area contributed by atoms with Crippen molar-refractivity contribution in [3.05, 3.63) is 39.9 Å². The Labute approximate surface area is 139 Å². The Hall–Kier alpha value is -1.52. The predicted octanol–water partition coefficient (Wildman–Crippen LogP) is 3.61. The Balaban J connectivity index is 2.08. The average Bonchev–Trinajstić information content (AvgIpc) is 2.95. The summed E-state index contributed by atoms with van der Waals surface area (Å²) >= 11 is 11.9. The van der Waals surface area contributed by atoms with Crippen LogP contribution in [-0.4, -0.2) is 24.5 Å². The van der Waals surface area contributed by atoms with E-state index in [2.05, 4.69) is 5.32 Å². The highest BCUT2D eigenvalue weighted by atomic mass is 35.5. The molecule has 0 spiro atoms. The van der Waals surface area contributed by atoms with Gasteiger partial charge in [0.25, 0.3) is 0 Å². The minimum absolute atomic E-state index is 0.349. The predicted molar refractivity (Wildman–Crippen MR) is 86.9 cm³/mol. The molecule has 1 aromatic rings. The number of methoxy groups -OCH3 is 1. The van der Waals surface area contributed by atoms with E-state index in [9.17, 15) is 9.59 Å². The number of carbonyl (C=O) groups excluding carboxylic acids is 2. The molecule has 1 aliphatic carbocycles. The highest BCUT2D eigenvalue weighted by molar-refractivity contribution is 6.35. The first-order valence-electron chi connectivity index (χ1n) is 7.00. The number of ether oxygens (including phenoxy) is 1. The van der Waals surface area contributed by atoms with E-state index in [1.54, 1.807) is 24.3 Å². The van der Waals surface area contributed by atoms with Crippen LogP contribution in [0.25, 0.3) is 6.08 Å². The molecule has 1 N–H and O–H groups in total. The largest absolute Gasteiger partial charge is 0.467 e. The fourth-order valence-corrected chi connectivity index (χ4v) is 3.11. The van der Waals surface area contributed by atoms with Crippen molar-refractivity contribution in [2.24, 2.45) is 0 Å². The van der Waals surface area contributed by atoms with Gasteiger partial charge >= 0.3 is 5.97 Å². The van der Waals surface area contributed by atoms with Crippen molar-refractivity contribution in [1.82, 2.24) is 5.32 Å². The topological polar surface area (TPSA) is 55.4 Å². The van der Waals surface area contributed by atoms with Gasteiger partial charge in [0, 0.05) is 16.1 Å². The summed E-state index contributed by atoms with van der Waals surface area (Å²) in [5.41, 5.74) is -0.222. The molecule has 0 radical (unpaired) electrons. The van der Waals surface area contributed by atoms with Crippen LogP contribution in [0, 0.1) is 0 Å². The van der Waals surface area contributed by atoms with Crippen LogP contribution in [0.2, 0.25) is 10.0 Å². The Morgan fingerprint density at radius 3 is 2.55 bits per heavy atom. The van der Waals surface area contributed by atoms with E-state index in [4.69, 9.17) is 27.9 Å². The van der Waals surface area contributed by atoms with E-state index in [0.717, 1.165) is 12.8 Å². The number of halogens is 2. The highest BCUT2D eigenvalue weighted by Crippen LogP contribution is 2.31. The molecule has 1 aliphatic rings. The number of hydrogen-bond acceptors (Lipinski definition) is 3. The van der Waals surface area contributed by atoms with Crippen LogP contribution < -0.4 is 5.32 Å². The van der Waals surface area contributed by atoms with Crippen LogP contribution >= 0.6 is 23.2 Å². The number of nitrogens with one attached hydrogen (secondary N) is 1. The Bertz CT molecular complexity index is 607. The SMILES string of the molecule is COC(=O)C1(NC(=O)/C=C\c2ccc(Cl)cc2Cl)CCCC1. The molecule has 0 aromatic heterocycles. The molecule has 1 amide bonds. The average molecular weight is 342 g/mol. The molecular formula is C16H17Cl2NO3. The lowest BCUT2D eigenvalue weighted by molar-refractivity contribution is -0.150. The van der Waals surface area contributed by atoms with E-state index in [0.29, 0.717) is 28.5 Å². The van der Waals surface area contributed by atoms with Crippen molar-refractivity contribution < 1.29 is 14.3 Å². The van der Waals surface area contributed by atoms with Gasteiger partial charge in [0.1, 0.15) is 5.54 Å². The van der Waals surface area contributed by atoms with Crippen molar-refractivity contribution in [2.45, 2.75) is 31.2 Å². The number of carbonyl (C=O) groups is 2. The number of amides is 1. The van der Waals surface area contributed by atoms with Crippen LogP contribution in [0.15, 0.2) is 24.3 Å². The first-order chi connectivity index (χ1) is 10.5. The molecule has 118 valence electrons. The summed E-state index contributed by atoms with van der Waals surface area (Å²) in [5.74, 6) is -0.741. The third-order valence-corrected chi connectivity index (χ3v) is 4.33. The molecule has 0 aliphatic heterocycles. The maximum atomic E-state index is 12.1. The molecule has 1 aromatic carbocycles. The second-order valence-electron chi connectivity index (χ2n) is 5.27.